The lowest BCUT2D eigenvalue weighted by Crippen LogP contribution is -2.11. The third kappa shape index (κ3) is 3.28. The van der Waals surface area contributed by atoms with Gasteiger partial charge in [-0.05, 0) is 52.7 Å². The normalized spacial score (nSPS) is 10.3. The zero-order chi connectivity index (χ0) is 14.0. The highest BCUT2D eigenvalue weighted by Gasteiger charge is 2.09. The van der Waals surface area contributed by atoms with Crippen molar-refractivity contribution in [3.05, 3.63) is 57.0 Å². The molecule has 0 saturated carbocycles. The molecule has 0 aliphatic rings. The largest absolute Gasteiger partial charge is 0.456 e. The molecule has 0 aromatic heterocycles. The Morgan fingerprint density at radius 3 is 2.58 bits per heavy atom. The van der Waals surface area contributed by atoms with Crippen LogP contribution in [0.5, 0.6) is 11.5 Å². The van der Waals surface area contributed by atoms with Gasteiger partial charge in [-0.25, -0.2) is 0 Å². The van der Waals surface area contributed by atoms with Gasteiger partial charge < -0.3 is 10.5 Å². The number of ether oxygens (including phenoxy) is 1. The molecule has 0 radical (unpaired) electrons. The van der Waals surface area contributed by atoms with Gasteiger partial charge in [0, 0.05) is 6.07 Å². The SMILES string of the molecule is Cc1ccc(Oc2ccc(C(N)=O)c(Cl)c2)c(Br)c1. The van der Waals surface area contributed by atoms with E-state index in [-0.39, 0.29) is 10.6 Å². The molecule has 2 N–H and O–H groups in total. The fourth-order valence-corrected chi connectivity index (χ4v) is 2.41. The van der Waals surface area contributed by atoms with Gasteiger partial charge in [0.1, 0.15) is 11.5 Å². The summed E-state index contributed by atoms with van der Waals surface area (Å²) >= 11 is 9.39. The summed E-state index contributed by atoms with van der Waals surface area (Å²) < 4.78 is 6.55. The maximum Gasteiger partial charge on any atom is 0.250 e. The van der Waals surface area contributed by atoms with Gasteiger partial charge in [-0.2, -0.15) is 0 Å². The molecule has 0 bridgehead atoms. The molecule has 5 heteroatoms. The van der Waals surface area contributed by atoms with E-state index >= 15 is 0 Å². The monoisotopic (exact) mass is 339 g/mol. The van der Waals surface area contributed by atoms with Crippen LogP contribution in [0.1, 0.15) is 15.9 Å². The van der Waals surface area contributed by atoms with E-state index in [4.69, 9.17) is 22.1 Å². The average Bonchev–Trinajstić information content (AvgIpc) is 2.32. The molecule has 2 rings (SSSR count). The van der Waals surface area contributed by atoms with Gasteiger partial charge in [-0.3, -0.25) is 4.79 Å². The number of aryl methyl sites for hydroxylation is 1. The summed E-state index contributed by atoms with van der Waals surface area (Å²) in [7, 11) is 0. The highest BCUT2D eigenvalue weighted by molar-refractivity contribution is 9.10. The number of primary amides is 1. The van der Waals surface area contributed by atoms with Crippen LogP contribution in [-0.2, 0) is 0 Å². The molecular weight excluding hydrogens is 330 g/mol. The topological polar surface area (TPSA) is 52.3 Å². The summed E-state index contributed by atoms with van der Waals surface area (Å²) in [4.78, 5) is 11.1. The van der Waals surface area contributed by atoms with Crippen molar-refractivity contribution in [2.45, 2.75) is 6.92 Å². The van der Waals surface area contributed by atoms with Crippen molar-refractivity contribution in [2.24, 2.45) is 5.73 Å². The Morgan fingerprint density at radius 1 is 1.26 bits per heavy atom. The van der Waals surface area contributed by atoms with E-state index in [9.17, 15) is 4.79 Å². The first-order valence-corrected chi connectivity index (χ1v) is 6.68. The molecule has 2 aromatic carbocycles. The third-order valence-corrected chi connectivity index (χ3v) is 3.45. The predicted molar refractivity (Wildman–Crippen MR) is 78.9 cm³/mol. The van der Waals surface area contributed by atoms with E-state index in [1.807, 2.05) is 25.1 Å². The number of amides is 1. The molecular formula is C14H11BrClNO2. The van der Waals surface area contributed by atoms with Gasteiger partial charge in [0.2, 0.25) is 5.91 Å². The maximum absolute atomic E-state index is 11.1. The molecule has 0 aliphatic carbocycles. The van der Waals surface area contributed by atoms with Gasteiger partial charge in [-0.1, -0.05) is 17.7 Å². The first kappa shape index (κ1) is 13.9. The van der Waals surface area contributed by atoms with Crippen LogP contribution in [0.4, 0.5) is 0 Å². The van der Waals surface area contributed by atoms with Crippen LogP contribution >= 0.6 is 27.5 Å². The quantitative estimate of drug-likeness (QED) is 0.905. The fraction of sp³-hybridized carbons (Fsp3) is 0.0714. The Bertz CT molecular complexity index is 643. The van der Waals surface area contributed by atoms with Crippen molar-refractivity contribution in [1.82, 2.24) is 0 Å². The molecule has 19 heavy (non-hydrogen) atoms. The molecule has 1 amide bonds. The summed E-state index contributed by atoms with van der Waals surface area (Å²) in [5, 5.41) is 0.272. The van der Waals surface area contributed by atoms with Gasteiger partial charge in [0.15, 0.2) is 0 Å². The molecule has 0 heterocycles. The molecule has 98 valence electrons. The Hall–Kier alpha value is -1.52. The number of carbonyl (C=O) groups excluding carboxylic acids is 1. The van der Waals surface area contributed by atoms with Crippen LogP contribution < -0.4 is 10.5 Å². The van der Waals surface area contributed by atoms with Gasteiger partial charge >= 0.3 is 0 Å². The number of hydrogen-bond acceptors (Lipinski definition) is 2. The maximum atomic E-state index is 11.1. The van der Waals surface area contributed by atoms with E-state index in [0.29, 0.717) is 11.5 Å². The van der Waals surface area contributed by atoms with Crippen LogP contribution in [0.15, 0.2) is 40.9 Å². The standard InChI is InChI=1S/C14H11BrClNO2/c1-8-2-5-13(11(15)6-8)19-9-3-4-10(14(17)18)12(16)7-9/h2-7H,1H3,(H2,17,18). The third-order valence-electron chi connectivity index (χ3n) is 2.52. The zero-order valence-electron chi connectivity index (χ0n) is 10.1. The molecule has 0 fully saturated rings. The summed E-state index contributed by atoms with van der Waals surface area (Å²) in [6, 6.07) is 10.5. The number of hydrogen-bond donors (Lipinski definition) is 1. The minimum absolute atomic E-state index is 0.272. The summed E-state index contributed by atoms with van der Waals surface area (Å²) in [5.41, 5.74) is 6.59. The molecule has 0 unspecified atom stereocenters. The summed E-state index contributed by atoms with van der Waals surface area (Å²) in [6.45, 7) is 1.99. The first-order chi connectivity index (χ1) is 8.97. The lowest BCUT2D eigenvalue weighted by molar-refractivity contribution is 0.100. The lowest BCUT2D eigenvalue weighted by atomic mass is 10.2. The van der Waals surface area contributed by atoms with Crippen LogP contribution in [-0.4, -0.2) is 5.91 Å². The van der Waals surface area contributed by atoms with E-state index in [2.05, 4.69) is 15.9 Å². The number of rotatable bonds is 3. The van der Waals surface area contributed by atoms with E-state index in [1.54, 1.807) is 18.2 Å². The summed E-state index contributed by atoms with van der Waals surface area (Å²) in [5.74, 6) is 0.654. The number of carbonyl (C=O) groups is 1. The van der Waals surface area contributed by atoms with Crippen molar-refractivity contribution in [3.8, 4) is 11.5 Å². The average molecular weight is 341 g/mol. The second-order valence-corrected chi connectivity index (χ2v) is 5.30. The molecule has 0 atom stereocenters. The predicted octanol–water partition coefficient (Wildman–Crippen LogP) is 4.30. The summed E-state index contributed by atoms with van der Waals surface area (Å²) in [6.07, 6.45) is 0. The Kier molecular flexibility index (Phi) is 4.12. The van der Waals surface area contributed by atoms with Crippen LogP contribution in [0.25, 0.3) is 0 Å². The second-order valence-electron chi connectivity index (χ2n) is 4.04. The molecule has 0 saturated heterocycles. The van der Waals surface area contributed by atoms with Crippen molar-refractivity contribution in [2.75, 3.05) is 0 Å². The van der Waals surface area contributed by atoms with E-state index in [0.717, 1.165) is 10.0 Å². The van der Waals surface area contributed by atoms with Gasteiger partial charge in [-0.15, -0.1) is 0 Å². The van der Waals surface area contributed by atoms with Gasteiger partial charge in [0.25, 0.3) is 0 Å². The number of halogens is 2. The van der Waals surface area contributed by atoms with Crippen molar-refractivity contribution in [3.63, 3.8) is 0 Å². The van der Waals surface area contributed by atoms with Crippen molar-refractivity contribution in [1.29, 1.82) is 0 Å². The smallest absolute Gasteiger partial charge is 0.250 e. The Labute approximate surface area is 124 Å². The highest BCUT2D eigenvalue weighted by atomic mass is 79.9. The lowest BCUT2D eigenvalue weighted by Gasteiger charge is -2.09. The van der Waals surface area contributed by atoms with Crippen LogP contribution in [0.3, 0.4) is 0 Å². The van der Waals surface area contributed by atoms with Crippen LogP contribution in [0, 0.1) is 6.92 Å². The van der Waals surface area contributed by atoms with Crippen LogP contribution in [0.2, 0.25) is 5.02 Å². The minimum Gasteiger partial charge on any atom is -0.456 e. The molecule has 0 aliphatic heterocycles. The highest BCUT2D eigenvalue weighted by Crippen LogP contribution is 2.32. The second kappa shape index (κ2) is 5.63. The number of nitrogens with two attached hydrogens (primary N) is 1. The molecule has 2 aromatic rings. The molecule has 0 spiro atoms. The minimum atomic E-state index is -0.562. The van der Waals surface area contributed by atoms with E-state index < -0.39 is 5.91 Å². The Morgan fingerprint density at radius 2 is 2.00 bits per heavy atom. The number of benzene rings is 2. The van der Waals surface area contributed by atoms with Crippen molar-refractivity contribution >= 4 is 33.4 Å². The molecule has 3 nitrogen and oxygen atoms in total. The zero-order valence-corrected chi connectivity index (χ0v) is 12.5. The van der Waals surface area contributed by atoms with Gasteiger partial charge in [0.05, 0.1) is 15.1 Å². The van der Waals surface area contributed by atoms with Crippen molar-refractivity contribution < 1.29 is 9.53 Å². The first-order valence-electron chi connectivity index (χ1n) is 5.51. The van der Waals surface area contributed by atoms with E-state index in [1.165, 1.54) is 0 Å². The fourth-order valence-electron chi connectivity index (χ4n) is 1.57. The Balaban J connectivity index is 2.29.